The fraction of sp³-hybridized carbons (Fsp3) is 0.667. The first kappa shape index (κ1) is 26.5. The van der Waals surface area contributed by atoms with Crippen LogP contribution in [0.25, 0.3) is 0 Å². The molecule has 1 saturated heterocycles. The highest BCUT2D eigenvalue weighted by Crippen LogP contribution is 2.51. The topological polar surface area (TPSA) is 105 Å². The molecule has 1 fully saturated rings. The first-order valence-corrected chi connectivity index (χ1v) is 12.3. The first-order valence-electron chi connectivity index (χ1n) is 12.3. The van der Waals surface area contributed by atoms with Gasteiger partial charge >= 0.3 is 5.97 Å². The average Bonchev–Trinajstić information content (AvgIpc) is 2.75. The molecule has 3 N–H and O–H groups in total. The summed E-state index contributed by atoms with van der Waals surface area (Å²) in [5, 5.41) is 32.2. The molecular formula is C27H40O7. The summed E-state index contributed by atoms with van der Waals surface area (Å²) < 4.78 is 16.5. The normalized spacial score (nSPS) is 29.6. The van der Waals surface area contributed by atoms with Crippen molar-refractivity contribution in [2.24, 2.45) is 5.92 Å². The number of phenols is 1. The van der Waals surface area contributed by atoms with Gasteiger partial charge in [-0.3, -0.25) is 4.79 Å². The fourth-order valence-electron chi connectivity index (χ4n) is 5.26. The molecule has 2 unspecified atom stereocenters. The van der Waals surface area contributed by atoms with E-state index >= 15 is 0 Å². The molecule has 0 amide bonds. The van der Waals surface area contributed by atoms with Gasteiger partial charge in [0, 0.05) is 12.5 Å². The Morgan fingerprint density at radius 3 is 2.59 bits per heavy atom. The maximum atomic E-state index is 11.3. The van der Waals surface area contributed by atoms with Crippen LogP contribution in [0.1, 0.15) is 88.8 Å². The Morgan fingerprint density at radius 1 is 1.24 bits per heavy atom. The first-order chi connectivity index (χ1) is 16.0. The van der Waals surface area contributed by atoms with Gasteiger partial charge in [-0.2, -0.15) is 0 Å². The van der Waals surface area contributed by atoms with Crippen LogP contribution in [0.15, 0.2) is 17.7 Å². The quantitative estimate of drug-likeness (QED) is 0.394. The van der Waals surface area contributed by atoms with E-state index in [4.69, 9.17) is 14.2 Å². The van der Waals surface area contributed by atoms with Crippen LogP contribution in [0.2, 0.25) is 0 Å². The van der Waals surface area contributed by atoms with Gasteiger partial charge in [-0.05, 0) is 75.3 Å². The van der Waals surface area contributed by atoms with Crippen LogP contribution in [-0.2, 0) is 14.3 Å². The number of esters is 1. The summed E-state index contributed by atoms with van der Waals surface area (Å²) in [5.41, 5.74) is 4.15. The molecule has 0 saturated carbocycles. The van der Waals surface area contributed by atoms with Gasteiger partial charge < -0.3 is 29.5 Å². The van der Waals surface area contributed by atoms with Crippen molar-refractivity contribution in [2.45, 2.75) is 104 Å². The van der Waals surface area contributed by atoms with Gasteiger partial charge in [0.15, 0.2) is 17.6 Å². The van der Waals surface area contributed by atoms with Crippen molar-refractivity contribution in [3.63, 3.8) is 0 Å². The second-order valence-electron chi connectivity index (χ2n) is 10.2. The zero-order valence-electron chi connectivity index (χ0n) is 21.2. The number of carbonyl (C=O) groups is 1. The second-order valence-corrected chi connectivity index (χ2v) is 10.2. The molecule has 7 atom stereocenters. The number of phenolic OH excluding ortho intramolecular Hbond substituents is 1. The molecular weight excluding hydrogens is 436 g/mol. The molecule has 0 aromatic heterocycles. The maximum absolute atomic E-state index is 11.3. The summed E-state index contributed by atoms with van der Waals surface area (Å²) in [6, 6.07) is 2.09. The van der Waals surface area contributed by atoms with Crippen LogP contribution in [0.4, 0.5) is 0 Å². The number of fused-ring (bicyclic) bond motifs is 1. The molecule has 7 heteroatoms. The standard InChI is InChI=1S/C27H40O7/c1-14(2)8-7-9-15(3)19-11-10-16(4)22-20(19)12-17(5)26(24(22)30)34-27-25(31)23(29)21(13-32-27)33-18(6)28/h8,12,15-16,19,21,23,25,27,29-31H,7,9-11,13H2,1-6H3/t15-,16-,19+,21-,23?,25?,27+/m0/s1. The molecule has 190 valence electrons. The van der Waals surface area contributed by atoms with Crippen molar-refractivity contribution in [1.29, 1.82) is 0 Å². The molecule has 2 aliphatic rings. The number of aromatic hydroxyl groups is 1. The molecule has 7 nitrogen and oxygen atoms in total. The molecule has 0 spiro atoms. The van der Waals surface area contributed by atoms with E-state index in [0.717, 1.165) is 36.8 Å². The Kier molecular flexibility index (Phi) is 8.66. The van der Waals surface area contributed by atoms with Gasteiger partial charge in [0.25, 0.3) is 0 Å². The molecule has 1 aromatic rings. The SMILES string of the molecule is CC(=O)O[C@H]1CO[C@H](Oc2c(C)cc3c(c2O)[C@@H](C)CC[C@@H]3[C@@H](C)CCC=C(C)C)C(O)C1O. The maximum Gasteiger partial charge on any atom is 0.303 e. The van der Waals surface area contributed by atoms with E-state index in [-0.39, 0.29) is 24.0 Å². The molecule has 1 aliphatic heterocycles. The minimum Gasteiger partial charge on any atom is -0.504 e. The lowest BCUT2D eigenvalue weighted by molar-refractivity contribution is -0.248. The number of benzene rings is 1. The molecule has 0 radical (unpaired) electrons. The lowest BCUT2D eigenvalue weighted by atomic mass is 9.70. The van der Waals surface area contributed by atoms with Crippen LogP contribution in [0.3, 0.4) is 0 Å². The third kappa shape index (κ3) is 5.75. The lowest BCUT2D eigenvalue weighted by Gasteiger charge is -2.38. The van der Waals surface area contributed by atoms with E-state index in [0.29, 0.717) is 11.8 Å². The van der Waals surface area contributed by atoms with E-state index < -0.39 is 30.6 Å². The van der Waals surface area contributed by atoms with Crippen LogP contribution >= 0.6 is 0 Å². The van der Waals surface area contributed by atoms with Gasteiger partial charge in [0.1, 0.15) is 12.2 Å². The van der Waals surface area contributed by atoms with Crippen LogP contribution < -0.4 is 4.74 Å². The van der Waals surface area contributed by atoms with E-state index in [2.05, 4.69) is 39.8 Å². The van der Waals surface area contributed by atoms with E-state index in [1.54, 1.807) is 0 Å². The third-order valence-corrected chi connectivity index (χ3v) is 7.16. The number of hydrogen-bond donors (Lipinski definition) is 3. The largest absolute Gasteiger partial charge is 0.504 e. The Balaban J connectivity index is 1.83. The van der Waals surface area contributed by atoms with Crippen LogP contribution in [-0.4, -0.2) is 52.5 Å². The number of carbonyl (C=O) groups excluding carboxylic acids is 1. The van der Waals surface area contributed by atoms with Gasteiger partial charge in [-0.1, -0.05) is 31.6 Å². The molecule has 1 aromatic carbocycles. The molecule has 1 aliphatic carbocycles. The highest BCUT2D eigenvalue weighted by Gasteiger charge is 2.42. The van der Waals surface area contributed by atoms with E-state index in [1.165, 1.54) is 18.1 Å². The highest BCUT2D eigenvalue weighted by atomic mass is 16.7. The van der Waals surface area contributed by atoms with E-state index in [1.807, 2.05) is 6.92 Å². The third-order valence-electron chi connectivity index (χ3n) is 7.16. The van der Waals surface area contributed by atoms with Gasteiger partial charge in [-0.25, -0.2) is 0 Å². The molecule has 0 bridgehead atoms. The predicted octanol–water partition coefficient (Wildman–Crippen LogP) is 4.45. The Hall–Kier alpha value is -2.09. The minimum absolute atomic E-state index is 0.0797. The fourth-order valence-corrected chi connectivity index (χ4v) is 5.26. The zero-order chi connectivity index (χ0) is 25.2. The van der Waals surface area contributed by atoms with Crippen LogP contribution in [0.5, 0.6) is 11.5 Å². The Labute approximate surface area is 202 Å². The molecule has 1 heterocycles. The number of allylic oxidation sites excluding steroid dienone is 2. The van der Waals surface area contributed by atoms with Crippen molar-refractivity contribution in [2.75, 3.05) is 6.61 Å². The number of aliphatic hydroxyl groups excluding tert-OH is 2. The number of rotatable bonds is 7. The summed E-state index contributed by atoms with van der Waals surface area (Å²) in [7, 11) is 0. The Morgan fingerprint density at radius 2 is 1.94 bits per heavy atom. The van der Waals surface area contributed by atoms with Crippen molar-refractivity contribution < 1.29 is 34.3 Å². The van der Waals surface area contributed by atoms with Crippen molar-refractivity contribution in [3.05, 3.63) is 34.4 Å². The second kappa shape index (κ2) is 11.1. The number of aryl methyl sites for hydroxylation is 1. The number of hydrogen-bond acceptors (Lipinski definition) is 7. The predicted molar refractivity (Wildman–Crippen MR) is 129 cm³/mol. The summed E-state index contributed by atoms with van der Waals surface area (Å²) in [6.07, 6.45) is 1.51. The zero-order valence-corrected chi connectivity index (χ0v) is 21.2. The number of aliphatic hydroxyl groups is 2. The molecule has 34 heavy (non-hydrogen) atoms. The van der Waals surface area contributed by atoms with Gasteiger partial charge in [0.2, 0.25) is 6.29 Å². The van der Waals surface area contributed by atoms with Crippen molar-refractivity contribution >= 4 is 5.97 Å². The monoisotopic (exact) mass is 476 g/mol. The van der Waals surface area contributed by atoms with Crippen molar-refractivity contribution in [1.82, 2.24) is 0 Å². The van der Waals surface area contributed by atoms with Crippen molar-refractivity contribution in [3.8, 4) is 11.5 Å². The smallest absolute Gasteiger partial charge is 0.303 e. The minimum atomic E-state index is -1.44. The van der Waals surface area contributed by atoms with Gasteiger partial charge in [-0.15, -0.1) is 0 Å². The summed E-state index contributed by atoms with van der Waals surface area (Å²) in [6.45, 7) is 11.6. The number of ether oxygens (including phenoxy) is 3. The lowest BCUT2D eigenvalue weighted by Crippen LogP contribution is -2.56. The Bertz CT molecular complexity index is 905. The average molecular weight is 477 g/mol. The van der Waals surface area contributed by atoms with Gasteiger partial charge in [0.05, 0.1) is 6.61 Å². The summed E-state index contributed by atoms with van der Waals surface area (Å²) in [4.78, 5) is 11.2. The van der Waals surface area contributed by atoms with Crippen LogP contribution in [0, 0.1) is 12.8 Å². The summed E-state index contributed by atoms with van der Waals surface area (Å²) >= 11 is 0. The summed E-state index contributed by atoms with van der Waals surface area (Å²) in [5.74, 6) is 0.778. The van der Waals surface area contributed by atoms with E-state index in [9.17, 15) is 20.1 Å². The molecule has 3 rings (SSSR count). The highest BCUT2D eigenvalue weighted by molar-refractivity contribution is 5.66.